The first kappa shape index (κ1) is 44.3. The lowest BCUT2D eigenvalue weighted by atomic mass is 9.90. The molecule has 58 heavy (non-hydrogen) atoms. The topological polar surface area (TPSA) is 186 Å². The Morgan fingerprint density at radius 3 is 1.33 bits per heavy atom. The van der Waals surface area contributed by atoms with E-state index in [2.05, 4.69) is 33.2 Å². The maximum absolute atomic E-state index is 13.1. The molecule has 0 saturated heterocycles. The van der Waals surface area contributed by atoms with E-state index in [0.717, 1.165) is 31.2 Å². The Morgan fingerprint density at radius 1 is 0.466 bits per heavy atom. The molecular weight excluding hydrogens is 744 g/mol. The van der Waals surface area contributed by atoms with Gasteiger partial charge in [0.25, 0.3) is 0 Å². The average Bonchev–Trinajstić information content (AvgIpc) is 3.24. The van der Waals surface area contributed by atoms with Crippen molar-refractivity contribution in [2.75, 3.05) is 26.4 Å². The van der Waals surface area contributed by atoms with Crippen LogP contribution in [0.15, 0.2) is 127 Å². The third-order valence-corrected chi connectivity index (χ3v) is 8.87. The fourth-order valence-corrected chi connectivity index (χ4v) is 5.53. The largest absolute Gasteiger partial charge is 0.423 e. The lowest BCUT2D eigenvalue weighted by Gasteiger charge is -2.19. The number of ether oxygens (including phenoxy) is 4. The van der Waals surface area contributed by atoms with E-state index in [1.165, 1.54) is 12.1 Å². The van der Waals surface area contributed by atoms with Crippen LogP contribution in [0, 0.1) is 0 Å². The summed E-state index contributed by atoms with van der Waals surface area (Å²) in [7, 11) is 0. The summed E-state index contributed by atoms with van der Waals surface area (Å²) in [5.74, 6) is -2.69. The van der Waals surface area contributed by atoms with Crippen LogP contribution in [-0.4, -0.2) is 70.7 Å². The highest BCUT2D eigenvalue weighted by atomic mass is 16.5. The summed E-state index contributed by atoms with van der Waals surface area (Å²) in [5, 5.41) is 37.7. The van der Waals surface area contributed by atoms with Crippen molar-refractivity contribution in [1.29, 1.82) is 0 Å². The van der Waals surface area contributed by atoms with E-state index in [9.17, 15) is 39.6 Å². The van der Waals surface area contributed by atoms with Crippen molar-refractivity contribution >= 4 is 23.9 Å². The molecule has 0 aliphatic carbocycles. The first-order valence-electron chi connectivity index (χ1n) is 18.4. The number of benzene rings is 4. The molecule has 12 nitrogen and oxygen atoms in total. The molecule has 0 heterocycles. The van der Waals surface area contributed by atoms with Gasteiger partial charge in [-0.05, 0) is 83.1 Å². The van der Waals surface area contributed by atoms with Gasteiger partial charge in [0, 0.05) is 11.1 Å². The van der Waals surface area contributed by atoms with Gasteiger partial charge in [0.15, 0.2) is 0 Å². The van der Waals surface area contributed by atoms with E-state index in [4.69, 9.17) is 18.9 Å². The molecule has 0 radical (unpaired) electrons. The normalized spacial score (nSPS) is 10.6. The number of esters is 4. The number of aliphatic hydroxyl groups excluding tert-OH is 4. The summed E-state index contributed by atoms with van der Waals surface area (Å²) in [5.41, 5.74) is 3.65. The molecule has 4 aromatic rings. The molecule has 0 aliphatic rings. The number of carbonyl (C=O) groups is 4. The molecule has 0 saturated carbocycles. The highest BCUT2D eigenvalue weighted by Crippen LogP contribution is 2.42. The highest BCUT2D eigenvalue weighted by Gasteiger charge is 2.21. The smallest absolute Gasteiger partial charge is 0.341 e. The van der Waals surface area contributed by atoms with Crippen LogP contribution < -0.4 is 18.9 Å². The van der Waals surface area contributed by atoms with Crippen LogP contribution in [-0.2, 0) is 25.6 Å². The van der Waals surface area contributed by atoms with Crippen molar-refractivity contribution < 1.29 is 58.6 Å². The lowest BCUT2D eigenvalue weighted by Crippen LogP contribution is -2.14. The second-order valence-electron chi connectivity index (χ2n) is 13.2. The SMILES string of the molecule is C=C(CO)C(=O)Oc1ccc(-c2ccc(-c3cc(OC(=O)C(=C)CO)c(-c4ccc(OC(=O)C(=C)CO)cc4)cc3CCCCCC)cc2OC(=O)C(=C)CO)cc1. The van der Waals surface area contributed by atoms with Gasteiger partial charge >= 0.3 is 23.9 Å². The summed E-state index contributed by atoms with van der Waals surface area (Å²) in [4.78, 5) is 50.4. The lowest BCUT2D eigenvalue weighted by molar-refractivity contribution is -0.131. The van der Waals surface area contributed by atoms with Gasteiger partial charge in [-0.1, -0.05) is 88.9 Å². The number of aliphatic hydroxyl groups is 4. The predicted octanol–water partition coefficient (Wildman–Crippen LogP) is 6.63. The van der Waals surface area contributed by atoms with Gasteiger partial charge in [-0.25, -0.2) is 19.2 Å². The van der Waals surface area contributed by atoms with Crippen LogP contribution >= 0.6 is 0 Å². The van der Waals surface area contributed by atoms with Crippen molar-refractivity contribution in [3.63, 3.8) is 0 Å². The Labute approximate surface area is 336 Å². The standard InChI is InChI=1S/C46H46O12/c1-6-7-8-9-10-34-21-40(33-13-18-37(19-14-33)56-44(52)29(3)25-48)42(58-46(54)31(5)27-50)23-39(34)35-15-20-38(41(22-35)57-45(53)30(4)26-49)32-11-16-36(17-12-32)55-43(51)28(2)24-47/h11-23,47-50H,2-10,24-27H2,1H3. The Balaban J connectivity index is 1.89. The number of aryl methyl sites for hydroxylation is 1. The summed E-state index contributed by atoms with van der Waals surface area (Å²) in [6, 6.07) is 21.5. The summed E-state index contributed by atoms with van der Waals surface area (Å²) in [6.07, 6.45) is 4.41. The van der Waals surface area contributed by atoms with Gasteiger partial charge in [-0.15, -0.1) is 0 Å². The molecule has 0 aromatic heterocycles. The zero-order valence-corrected chi connectivity index (χ0v) is 32.3. The van der Waals surface area contributed by atoms with Crippen LogP contribution in [0.2, 0.25) is 0 Å². The first-order chi connectivity index (χ1) is 27.8. The van der Waals surface area contributed by atoms with Crippen LogP contribution in [0.25, 0.3) is 33.4 Å². The molecular formula is C46H46O12. The van der Waals surface area contributed by atoms with Gasteiger partial charge < -0.3 is 39.4 Å². The fourth-order valence-electron chi connectivity index (χ4n) is 5.53. The van der Waals surface area contributed by atoms with Gasteiger partial charge in [0.1, 0.15) is 23.0 Å². The average molecular weight is 791 g/mol. The van der Waals surface area contributed by atoms with Crippen LogP contribution in [0.3, 0.4) is 0 Å². The van der Waals surface area contributed by atoms with Crippen molar-refractivity contribution in [1.82, 2.24) is 0 Å². The molecule has 4 aromatic carbocycles. The van der Waals surface area contributed by atoms with Gasteiger partial charge in [-0.2, -0.15) is 0 Å². The second-order valence-corrected chi connectivity index (χ2v) is 13.2. The Morgan fingerprint density at radius 2 is 0.879 bits per heavy atom. The van der Waals surface area contributed by atoms with E-state index in [1.807, 2.05) is 6.07 Å². The third-order valence-electron chi connectivity index (χ3n) is 8.87. The number of hydrogen-bond donors (Lipinski definition) is 4. The molecule has 0 spiro atoms. The highest BCUT2D eigenvalue weighted by molar-refractivity contribution is 5.94. The van der Waals surface area contributed by atoms with Crippen molar-refractivity contribution in [3.05, 3.63) is 133 Å². The Hall–Kier alpha value is -6.44. The molecule has 4 N–H and O–H groups in total. The molecule has 0 amide bonds. The maximum atomic E-state index is 13.1. The maximum Gasteiger partial charge on any atom is 0.341 e. The quantitative estimate of drug-likeness (QED) is 0.0325. The molecule has 0 aliphatic heterocycles. The second kappa shape index (κ2) is 21.2. The molecule has 0 bridgehead atoms. The fraction of sp³-hybridized carbons (Fsp3) is 0.217. The molecule has 0 unspecified atom stereocenters. The Kier molecular flexibility index (Phi) is 16.2. The van der Waals surface area contributed by atoms with E-state index in [0.29, 0.717) is 39.8 Å². The predicted molar refractivity (Wildman–Crippen MR) is 218 cm³/mol. The number of unbranched alkanes of at least 4 members (excludes halogenated alkanes) is 3. The molecule has 4 rings (SSSR count). The number of hydrogen-bond acceptors (Lipinski definition) is 12. The van der Waals surface area contributed by atoms with Gasteiger partial charge in [-0.3, -0.25) is 0 Å². The van der Waals surface area contributed by atoms with Crippen LogP contribution in [0.4, 0.5) is 0 Å². The molecule has 0 atom stereocenters. The molecule has 302 valence electrons. The minimum atomic E-state index is -0.865. The molecule has 0 fully saturated rings. The minimum Gasteiger partial charge on any atom is -0.423 e. The molecule has 12 heteroatoms. The van der Waals surface area contributed by atoms with Gasteiger partial charge in [0.05, 0.1) is 48.7 Å². The monoisotopic (exact) mass is 790 g/mol. The van der Waals surface area contributed by atoms with E-state index in [-0.39, 0.29) is 45.3 Å². The van der Waals surface area contributed by atoms with Gasteiger partial charge in [0.2, 0.25) is 0 Å². The zero-order chi connectivity index (χ0) is 42.4. The van der Waals surface area contributed by atoms with E-state index < -0.39 is 50.3 Å². The first-order valence-corrected chi connectivity index (χ1v) is 18.4. The van der Waals surface area contributed by atoms with E-state index in [1.54, 1.807) is 60.7 Å². The van der Waals surface area contributed by atoms with Crippen LogP contribution in [0.5, 0.6) is 23.0 Å². The Bertz CT molecular complexity index is 2200. The summed E-state index contributed by atoms with van der Waals surface area (Å²) in [6.45, 7) is 13.9. The number of carbonyl (C=O) groups excluding carboxylic acids is 4. The van der Waals surface area contributed by atoms with E-state index >= 15 is 0 Å². The third kappa shape index (κ3) is 11.6. The van der Waals surface area contributed by atoms with Crippen molar-refractivity contribution in [2.45, 2.75) is 39.0 Å². The minimum absolute atomic E-state index is 0.109. The van der Waals surface area contributed by atoms with Crippen LogP contribution in [0.1, 0.15) is 38.2 Å². The van der Waals surface area contributed by atoms with Crippen molar-refractivity contribution in [2.24, 2.45) is 0 Å². The number of rotatable bonds is 20. The zero-order valence-electron chi connectivity index (χ0n) is 32.3. The summed E-state index contributed by atoms with van der Waals surface area (Å²) < 4.78 is 22.2. The summed E-state index contributed by atoms with van der Waals surface area (Å²) >= 11 is 0. The van der Waals surface area contributed by atoms with Crippen molar-refractivity contribution in [3.8, 4) is 56.4 Å².